The molecule has 1 aliphatic heterocycles. The molecule has 0 saturated carbocycles. The molecule has 1 heterocycles. The molecule has 0 amide bonds. The van der Waals surface area contributed by atoms with Gasteiger partial charge < -0.3 is 5.11 Å². The van der Waals surface area contributed by atoms with Crippen LogP contribution < -0.4 is 0 Å². The van der Waals surface area contributed by atoms with E-state index in [9.17, 15) is 5.11 Å². The lowest BCUT2D eigenvalue weighted by Gasteiger charge is -2.21. The van der Waals surface area contributed by atoms with Crippen molar-refractivity contribution in [2.24, 2.45) is 0 Å². The molecule has 3 heteroatoms. The first-order valence-electron chi connectivity index (χ1n) is 7.93. The van der Waals surface area contributed by atoms with E-state index < -0.39 is 0 Å². The van der Waals surface area contributed by atoms with Crippen molar-refractivity contribution in [1.29, 1.82) is 0 Å². The van der Waals surface area contributed by atoms with Crippen molar-refractivity contribution in [1.82, 2.24) is 9.80 Å². The summed E-state index contributed by atoms with van der Waals surface area (Å²) in [6.07, 6.45) is 3.11. The van der Waals surface area contributed by atoms with Crippen LogP contribution in [0.5, 0.6) is 0 Å². The molecule has 1 atom stereocenters. The van der Waals surface area contributed by atoms with Gasteiger partial charge in [-0.2, -0.15) is 0 Å². The number of hydrogen-bond donors (Lipinski definition) is 1. The fourth-order valence-corrected chi connectivity index (χ4v) is 2.84. The van der Waals surface area contributed by atoms with Crippen molar-refractivity contribution in [3.05, 3.63) is 47.5 Å². The summed E-state index contributed by atoms with van der Waals surface area (Å²) in [5.41, 5.74) is 2.69. The van der Waals surface area contributed by atoms with E-state index in [0.29, 0.717) is 0 Å². The lowest BCUT2D eigenvalue weighted by molar-refractivity contribution is 0.108. The number of benzene rings is 1. The monoisotopic (exact) mass is 288 g/mol. The molecule has 0 aliphatic carbocycles. The zero-order valence-electron chi connectivity index (χ0n) is 13.3. The Balaban J connectivity index is 1.84. The Kier molecular flexibility index (Phi) is 6.43. The molecule has 2 rings (SSSR count). The molecule has 21 heavy (non-hydrogen) atoms. The first-order chi connectivity index (χ1) is 10.1. The minimum Gasteiger partial charge on any atom is -0.390 e. The zero-order chi connectivity index (χ0) is 15.1. The number of aliphatic hydroxyl groups is 1. The van der Waals surface area contributed by atoms with E-state index in [-0.39, 0.29) is 6.10 Å². The van der Waals surface area contributed by atoms with Gasteiger partial charge in [-0.3, -0.25) is 9.80 Å². The van der Waals surface area contributed by atoms with Gasteiger partial charge in [0, 0.05) is 39.3 Å². The van der Waals surface area contributed by atoms with E-state index in [0.717, 1.165) is 45.7 Å². The predicted molar refractivity (Wildman–Crippen MR) is 88.2 cm³/mol. The number of aliphatic hydroxyl groups excluding tert-OH is 1. The standard InChI is InChI=1S/C18H28N2O/c1-16(2)7-6-10-19-11-12-20(15-18(21)14-19)13-17-8-4-3-5-9-17/h3-5,7-9,18,21H,6,10-15H2,1-2H3/t18-/m1/s1. The van der Waals surface area contributed by atoms with E-state index in [2.05, 4.69) is 54.0 Å². The third kappa shape index (κ3) is 6.00. The molecule has 0 spiro atoms. The average molecular weight is 288 g/mol. The Labute approximate surface area is 128 Å². The summed E-state index contributed by atoms with van der Waals surface area (Å²) in [5.74, 6) is 0. The zero-order valence-corrected chi connectivity index (χ0v) is 13.3. The molecule has 1 aliphatic rings. The topological polar surface area (TPSA) is 26.7 Å². The van der Waals surface area contributed by atoms with Crippen molar-refractivity contribution in [2.45, 2.75) is 32.9 Å². The molecular formula is C18H28N2O. The number of allylic oxidation sites excluding steroid dienone is 1. The molecule has 0 bridgehead atoms. The minimum absolute atomic E-state index is 0.247. The van der Waals surface area contributed by atoms with Crippen LogP contribution in [0.1, 0.15) is 25.8 Å². The highest BCUT2D eigenvalue weighted by Crippen LogP contribution is 2.10. The highest BCUT2D eigenvalue weighted by Gasteiger charge is 2.20. The molecule has 1 aromatic rings. The van der Waals surface area contributed by atoms with Crippen LogP contribution in [-0.2, 0) is 6.54 Å². The summed E-state index contributed by atoms with van der Waals surface area (Å²) in [7, 11) is 0. The fraction of sp³-hybridized carbons (Fsp3) is 0.556. The van der Waals surface area contributed by atoms with Gasteiger partial charge in [-0.25, -0.2) is 0 Å². The summed E-state index contributed by atoms with van der Waals surface area (Å²) < 4.78 is 0. The summed E-state index contributed by atoms with van der Waals surface area (Å²) in [6, 6.07) is 10.5. The van der Waals surface area contributed by atoms with E-state index in [1.54, 1.807) is 0 Å². The van der Waals surface area contributed by atoms with Gasteiger partial charge >= 0.3 is 0 Å². The third-order valence-corrected chi connectivity index (χ3v) is 3.92. The van der Waals surface area contributed by atoms with Crippen LogP contribution in [0, 0.1) is 0 Å². The van der Waals surface area contributed by atoms with Gasteiger partial charge in [0.05, 0.1) is 6.10 Å². The van der Waals surface area contributed by atoms with Crippen LogP contribution in [0.25, 0.3) is 0 Å². The SMILES string of the molecule is CC(C)=CCCN1CCN(Cc2ccccc2)C[C@H](O)C1. The van der Waals surface area contributed by atoms with Gasteiger partial charge in [0.2, 0.25) is 0 Å². The van der Waals surface area contributed by atoms with Crippen LogP contribution in [0.3, 0.4) is 0 Å². The number of rotatable bonds is 5. The summed E-state index contributed by atoms with van der Waals surface area (Å²) >= 11 is 0. The lowest BCUT2D eigenvalue weighted by Crippen LogP contribution is -2.33. The molecule has 1 aromatic carbocycles. The van der Waals surface area contributed by atoms with Gasteiger partial charge in [0.25, 0.3) is 0 Å². The molecule has 0 radical (unpaired) electrons. The van der Waals surface area contributed by atoms with Crippen molar-refractivity contribution in [2.75, 3.05) is 32.7 Å². The lowest BCUT2D eigenvalue weighted by atomic mass is 10.2. The Morgan fingerprint density at radius 1 is 1.14 bits per heavy atom. The molecule has 116 valence electrons. The molecular weight excluding hydrogens is 260 g/mol. The molecule has 3 nitrogen and oxygen atoms in total. The number of nitrogens with zero attached hydrogens (tertiary/aromatic N) is 2. The Hall–Kier alpha value is -1.16. The van der Waals surface area contributed by atoms with Crippen molar-refractivity contribution in [3.63, 3.8) is 0 Å². The van der Waals surface area contributed by atoms with Crippen molar-refractivity contribution >= 4 is 0 Å². The van der Waals surface area contributed by atoms with Crippen LogP contribution in [0.4, 0.5) is 0 Å². The first kappa shape index (κ1) is 16.2. The summed E-state index contributed by atoms with van der Waals surface area (Å²) in [4.78, 5) is 4.75. The summed E-state index contributed by atoms with van der Waals surface area (Å²) in [6.45, 7) is 9.88. The number of β-amino-alcohol motifs (C(OH)–C–C–N with tert-alkyl or cyclic N) is 1. The third-order valence-electron chi connectivity index (χ3n) is 3.92. The van der Waals surface area contributed by atoms with E-state index in [4.69, 9.17) is 0 Å². The van der Waals surface area contributed by atoms with E-state index >= 15 is 0 Å². The molecule has 1 fully saturated rings. The predicted octanol–water partition coefficient (Wildman–Crippen LogP) is 2.52. The maximum absolute atomic E-state index is 10.2. The van der Waals surface area contributed by atoms with Crippen LogP contribution in [0.15, 0.2) is 42.0 Å². The second kappa shape index (κ2) is 8.32. The normalized spacial score (nSPS) is 21.0. The smallest absolute Gasteiger partial charge is 0.0793 e. The second-order valence-corrected chi connectivity index (χ2v) is 6.25. The van der Waals surface area contributed by atoms with E-state index in [1.165, 1.54) is 11.1 Å². The first-order valence-corrected chi connectivity index (χ1v) is 7.93. The van der Waals surface area contributed by atoms with E-state index in [1.807, 2.05) is 6.07 Å². The molecule has 0 aromatic heterocycles. The van der Waals surface area contributed by atoms with Gasteiger partial charge in [-0.05, 0) is 25.8 Å². The second-order valence-electron chi connectivity index (χ2n) is 6.25. The Morgan fingerprint density at radius 3 is 2.52 bits per heavy atom. The summed E-state index contributed by atoms with van der Waals surface area (Å²) in [5, 5.41) is 10.2. The number of hydrogen-bond acceptors (Lipinski definition) is 3. The van der Waals surface area contributed by atoms with Gasteiger partial charge in [0.1, 0.15) is 0 Å². The van der Waals surface area contributed by atoms with Crippen molar-refractivity contribution in [3.8, 4) is 0 Å². The van der Waals surface area contributed by atoms with Crippen LogP contribution in [0.2, 0.25) is 0 Å². The fourth-order valence-electron chi connectivity index (χ4n) is 2.84. The van der Waals surface area contributed by atoms with Gasteiger partial charge in [-0.15, -0.1) is 0 Å². The quantitative estimate of drug-likeness (QED) is 0.844. The molecule has 0 unspecified atom stereocenters. The van der Waals surface area contributed by atoms with Crippen LogP contribution in [-0.4, -0.2) is 53.7 Å². The van der Waals surface area contributed by atoms with Gasteiger partial charge in [-0.1, -0.05) is 42.0 Å². The molecule has 1 N–H and O–H groups in total. The maximum Gasteiger partial charge on any atom is 0.0793 e. The highest BCUT2D eigenvalue weighted by molar-refractivity contribution is 5.14. The van der Waals surface area contributed by atoms with Gasteiger partial charge in [0.15, 0.2) is 0 Å². The minimum atomic E-state index is -0.247. The van der Waals surface area contributed by atoms with Crippen LogP contribution >= 0.6 is 0 Å². The average Bonchev–Trinajstić information content (AvgIpc) is 2.61. The maximum atomic E-state index is 10.2. The largest absolute Gasteiger partial charge is 0.390 e. The van der Waals surface area contributed by atoms with Crippen molar-refractivity contribution < 1.29 is 5.11 Å². The molecule has 1 saturated heterocycles. The highest BCUT2D eigenvalue weighted by atomic mass is 16.3. The Bertz CT molecular complexity index is 440. The Morgan fingerprint density at radius 2 is 1.81 bits per heavy atom.